The van der Waals surface area contributed by atoms with E-state index < -0.39 is 8.17 Å². The van der Waals surface area contributed by atoms with Crippen molar-refractivity contribution in [3.05, 3.63) is 12.2 Å². The number of carbonyl (C=O) groups excluding carboxylic acids is 1. The fraction of sp³-hybridized carbons (Fsp3) is 0.864. The Balaban J connectivity index is 3.48. The molecule has 0 unspecified atom stereocenters. The van der Waals surface area contributed by atoms with Crippen molar-refractivity contribution in [2.75, 3.05) is 6.61 Å². The van der Waals surface area contributed by atoms with E-state index in [0.717, 1.165) is 25.7 Å². The molecule has 0 aromatic rings. The van der Waals surface area contributed by atoms with Crippen molar-refractivity contribution in [2.24, 2.45) is 0 Å². The Morgan fingerprint density at radius 1 is 0.862 bits per heavy atom. The van der Waals surface area contributed by atoms with E-state index in [1.54, 1.807) is 0 Å². The molecule has 0 saturated carbocycles. The third-order valence-corrected chi connectivity index (χ3v) is 5.47. The van der Waals surface area contributed by atoms with Crippen molar-refractivity contribution >= 4 is 14.1 Å². The highest BCUT2D eigenvalue weighted by Gasteiger charge is 2.34. The van der Waals surface area contributed by atoms with Gasteiger partial charge in [-0.15, -0.1) is 0 Å². The highest BCUT2D eigenvalue weighted by molar-refractivity contribution is 7.53. The summed E-state index contributed by atoms with van der Waals surface area (Å²) in [5.74, 6) is -0.0594. The first kappa shape index (κ1) is 28.5. The van der Waals surface area contributed by atoms with E-state index in [-0.39, 0.29) is 18.6 Å². The molecule has 0 bridgehead atoms. The molecule has 4 N–H and O–H groups in total. The van der Waals surface area contributed by atoms with Crippen LogP contribution in [-0.2, 0) is 9.32 Å². The highest BCUT2D eigenvalue weighted by atomic mass is 31.2. The van der Waals surface area contributed by atoms with E-state index in [2.05, 4.69) is 28.9 Å². The number of nitrogens with one attached hydrogen (secondary N) is 1. The minimum Gasteiger partial charge on any atom is -0.351 e. The summed E-state index contributed by atoms with van der Waals surface area (Å²) in [7, 11) is -4.24. The molecular formula is C22H45NO5P+. The van der Waals surface area contributed by atoms with Crippen molar-refractivity contribution in [3.63, 3.8) is 0 Å². The maximum Gasteiger partial charge on any atom is 0.567 e. The monoisotopic (exact) mass is 434 g/mol. The minimum absolute atomic E-state index is 0.0594. The van der Waals surface area contributed by atoms with Crippen LogP contribution in [0.15, 0.2) is 12.2 Å². The van der Waals surface area contributed by atoms with Gasteiger partial charge in [0.15, 0.2) is 0 Å². The number of allylic oxidation sites excluding steroid dienone is 2. The third kappa shape index (κ3) is 22.0. The van der Waals surface area contributed by atoms with E-state index in [1.807, 2.05) is 6.92 Å². The Hall–Kier alpha value is -0.520. The van der Waals surface area contributed by atoms with Gasteiger partial charge in [-0.05, 0) is 38.5 Å². The molecule has 0 aliphatic heterocycles. The molecule has 0 aromatic heterocycles. The fourth-order valence-electron chi connectivity index (χ4n) is 3.11. The van der Waals surface area contributed by atoms with Crippen LogP contribution in [0.3, 0.4) is 0 Å². The van der Waals surface area contributed by atoms with E-state index >= 15 is 0 Å². The van der Waals surface area contributed by atoms with Gasteiger partial charge in [0.25, 0.3) is 0 Å². The quantitative estimate of drug-likeness (QED) is 0.114. The summed E-state index contributed by atoms with van der Waals surface area (Å²) in [4.78, 5) is 38.4. The van der Waals surface area contributed by atoms with Gasteiger partial charge in [-0.25, -0.2) is 0 Å². The molecule has 0 fully saturated rings. The van der Waals surface area contributed by atoms with Gasteiger partial charge in [-0.2, -0.15) is 19.2 Å². The molecule has 0 aromatic carbocycles. The predicted molar refractivity (Wildman–Crippen MR) is 121 cm³/mol. The van der Waals surface area contributed by atoms with Crippen LogP contribution < -0.4 is 5.32 Å². The molecule has 172 valence electrons. The first-order valence-corrected chi connectivity index (χ1v) is 13.1. The van der Waals surface area contributed by atoms with Gasteiger partial charge in [0.2, 0.25) is 5.91 Å². The predicted octanol–water partition coefficient (Wildman–Crippen LogP) is 5.59. The van der Waals surface area contributed by atoms with Gasteiger partial charge in [0.1, 0.15) is 6.61 Å². The summed E-state index contributed by atoms with van der Waals surface area (Å²) < 4.78 is 4.57. The second-order valence-electron chi connectivity index (χ2n) is 7.82. The maximum absolute atomic E-state index is 11.9. The van der Waals surface area contributed by atoms with Gasteiger partial charge in [0.05, 0.1) is 6.04 Å². The van der Waals surface area contributed by atoms with Crippen molar-refractivity contribution in [1.29, 1.82) is 0 Å². The van der Waals surface area contributed by atoms with E-state index in [1.165, 1.54) is 57.8 Å². The van der Waals surface area contributed by atoms with Gasteiger partial charge in [0, 0.05) is 6.42 Å². The number of unbranched alkanes of at least 4 members (excludes halogenated alkanes) is 11. The molecule has 1 atom stereocenters. The van der Waals surface area contributed by atoms with Gasteiger partial charge in [-0.1, -0.05) is 77.4 Å². The first-order chi connectivity index (χ1) is 13.9. The lowest BCUT2D eigenvalue weighted by atomic mass is 10.1. The summed E-state index contributed by atoms with van der Waals surface area (Å²) in [5, 5.41) is 2.80. The van der Waals surface area contributed by atoms with Gasteiger partial charge in [-0.3, -0.25) is 4.79 Å². The molecular weight excluding hydrogens is 389 g/mol. The summed E-state index contributed by atoms with van der Waals surface area (Å²) in [6.45, 7) is 4.01. The summed E-state index contributed by atoms with van der Waals surface area (Å²) in [6.07, 6.45) is 21.6. The zero-order chi connectivity index (χ0) is 21.8. The lowest BCUT2D eigenvalue weighted by Crippen LogP contribution is -2.37. The minimum atomic E-state index is -4.24. The number of hydrogen-bond donors (Lipinski definition) is 4. The number of hydrogen-bond acceptors (Lipinski definition) is 5. The molecule has 6 nitrogen and oxygen atoms in total. The lowest BCUT2D eigenvalue weighted by Gasteiger charge is -2.15. The van der Waals surface area contributed by atoms with E-state index in [4.69, 9.17) is 14.7 Å². The topological polar surface area (TPSA) is 99.0 Å². The molecule has 0 saturated heterocycles. The zero-order valence-corrected chi connectivity index (χ0v) is 19.5. The summed E-state index contributed by atoms with van der Waals surface area (Å²) in [6, 6.07) is -0.323. The number of carbonyl (C=O) groups is 1. The van der Waals surface area contributed by atoms with E-state index in [9.17, 15) is 4.79 Å². The lowest BCUT2D eigenvalue weighted by molar-refractivity contribution is -0.122. The molecule has 0 heterocycles. The van der Waals surface area contributed by atoms with E-state index in [0.29, 0.717) is 12.8 Å². The molecule has 1 amide bonds. The third-order valence-electron chi connectivity index (χ3n) is 4.97. The van der Waals surface area contributed by atoms with Crippen molar-refractivity contribution in [1.82, 2.24) is 5.32 Å². The molecule has 0 spiro atoms. The van der Waals surface area contributed by atoms with Crippen LogP contribution >= 0.6 is 8.17 Å². The standard InChI is InChI=1S/C22H44NO5P/c1-3-5-6-7-8-9-10-11-12-13-14-15-16-17-18-19-22(24)23-21(4-2)20-28-29(25,26)27/h11-12,21,25-27H,3-10,13-20H2,1-2H3/p+1/b12-11-/t21-/m0/s1. The average molecular weight is 435 g/mol. The maximum atomic E-state index is 11.9. The molecule has 29 heavy (non-hydrogen) atoms. The Labute approximate surface area is 178 Å². The van der Waals surface area contributed by atoms with Crippen LogP contribution in [-0.4, -0.2) is 33.2 Å². The smallest absolute Gasteiger partial charge is 0.351 e. The Morgan fingerprint density at radius 2 is 1.38 bits per heavy atom. The van der Waals surface area contributed by atoms with Crippen LogP contribution in [0, 0.1) is 0 Å². The zero-order valence-electron chi connectivity index (χ0n) is 18.7. The van der Waals surface area contributed by atoms with Gasteiger partial charge >= 0.3 is 8.17 Å². The summed E-state index contributed by atoms with van der Waals surface area (Å²) in [5.41, 5.74) is 0. The van der Waals surface area contributed by atoms with Crippen LogP contribution in [0.5, 0.6) is 0 Å². The van der Waals surface area contributed by atoms with Crippen LogP contribution in [0.25, 0.3) is 0 Å². The Bertz CT molecular complexity index is 412. The first-order valence-electron chi connectivity index (χ1n) is 11.5. The second kappa shape index (κ2) is 19.4. The van der Waals surface area contributed by atoms with Crippen molar-refractivity contribution in [3.8, 4) is 0 Å². The highest BCUT2D eigenvalue weighted by Crippen LogP contribution is 2.45. The normalized spacial score (nSPS) is 13.1. The molecule has 0 aliphatic rings. The Kier molecular flexibility index (Phi) is 19.1. The van der Waals surface area contributed by atoms with Crippen LogP contribution in [0.1, 0.15) is 110 Å². The molecule has 7 heteroatoms. The SMILES string of the molecule is CCCCCCCC/C=C\CCCCCCCC(=O)N[C@@H](CC)CO[P+](O)(O)O. The summed E-state index contributed by atoms with van der Waals surface area (Å²) >= 11 is 0. The van der Waals surface area contributed by atoms with Gasteiger partial charge < -0.3 is 5.32 Å². The number of rotatable bonds is 20. The molecule has 0 radical (unpaired) electrons. The van der Waals surface area contributed by atoms with Crippen LogP contribution in [0.2, 0.25) is 0 Å². The molecule has 0 aliphatic carbocycles. The second-order valence-corrected chi connectivity index (χ2v) is 9.10. The van der Waals surface area contributed by atoms with Crippen molar-refractivity contribution in [2.45, 2.75) is 116 Å². The van der Waals surface area contributed by atoms with Crippen LogP contribution in [0.4, 0.5) is 0 Å². The largest absolute Gasteiger partial charge is 0.567 e. The number of amides is 1. The van der Waals surface area contributed by atoms with Crippen molar-refractivity contribution < 1.29 is 24.0 Å². The fourth-order valence-corrected chi connectivity index (χ4v) is 3.49. The average Bonchev–Trinajstić information content (AvgIpc) is 2.67. The Morgan fingerprint density at radius 3 is 1.90 bits per heavy atom. The molecule has 0 rings (SSSR count).